The van der Waals surface area contributed by atoms with Crippen LogP contribution in [-0.4, -0.2) is 67.1 Å². The van der Waals surface area contributed by atoms with E-state index in [1.54, 1.807) is 25.2 Å². The SMILES string of the molecule is COC(=O)c1csc([N+]2(C)C(=O)C(N3C(=O)NC(c4cccc5c4OCCO5)C3=O)Cc3ccccc32)n1. The molecule has 3 unspecified atom stereocenters. The number of amides is 4. The highest BCUT2D eigenvalue weighted by molar-refractivity contribution is 7.14. The number of fused-ring (bicyclic) bond motifs is 2. The molecule has 11 nitrogen and oxygen atoms in total. The Bertz CT molecular complexity index is 1500. The molecule has 194 valence electrons. The van der Waals surface area contributed by atoms with Gasteiger partial charge in [0.2, 0.25) is 0 Å². The number of quaternary nitrogens is 1. The minimum Gasteiger partial charge on any atom is -0.486 e. The van der Waals surface area contributed by atoms with Crippen LogP contribution in [0.1, 0.15) is 27.7 Å². The Morgan fingerprint density at radius 1 is 1.13 bits per heavy atom. The van der Waals surface area contributed by atoms with Crippen molar-refractivity contribution in [2.24, 2.45) is 0 Å². The third-order valence-electron chi connectivity index (χ3n) is 7.07. The number of thiazole rings is 1. The fourth-order valence-corrected chi connectivity index (χ4v) is 6.14. The Labute approximate surface area is 221 Å². The molecule has 0 saturated carbocycles. The highest BCUT2D eigenvalue weighted by atomic mass is 32.1. The monoisotopic (exact) mass is 535 g/mol. The smallest absolute Gasteiger partial charge is 0.357 e. The first kappa shape index (κ1) is 24.1. The average Bonchev–Trinajstić information content (AvgIpc) is 3.55. The van der Waals surface area contributed by atoms with Crippen molar-refractivity contribution in [2.45, 2.75) is 18.5 Å². The number of esters is 1. The van der Waals surface area contributed by atoms with Crippen molar-refractivity contribution in [3.63, 3.8) is 0 Å². The van der Waals surface area contributed by atoms with Gasteiger partial charge >= 0.3 is 17.9 Å². The first-order valence-electron chi connectivity index (χ1n) is 11.9. The molecule has 3 aliphatic rings. The number of ether oxygens (including phenoxy) is 3. The number of likely N-dealkylation sites (N-methyl/N-ethyl adjacent to an activating group) is 1. The number of nitrogens with zero attached hydrogens (tertiary/aromatic N) is 3. The van der Waals surface area contributed by atoms with Crippen LogP contribution in [0.3, 0.4) is 0 Å². The number of imide groups is 1. The molecule has 12 heteroatoms. The average molecular weight is 536 g/mol. The number of methoxy groups -OCH3 is 1. The molecule has 0 radical (unpaired) electrons. The van der Waals surface area contributed by atoms with E-state index < -0.39 is 40.4 Å². The third-order valence-corrected chi connectivity index (χ3v) is 8.08. The molecular formula is C26H23N4O7S+. The van der Waals surface area contributed by atoms with Gasteiger partial charge in [0.15, 0.2) is 28.9 Å². The first-order chi connectivity index (χ1) is 18.3. The Balaban J connectivity index is 1.40. The van der Waals surface area contributed by atoms with E-state index in [1.807, 2.05) is 24.3 Å². The Morgan fingerprint density at radius 2 is 1.92 bits per heavy atom. The molecule has 1 aromatic heterocycles. The summed E-state index contributed by atoms with van der Waals surface area (Å²) in [4.78, 5) is 58.7. The molecule has 6 rings (SSSR count). The van der Waals surface area contributed by atoms with Crippen LogP contribution < -0.4 is 19.3 Å². The predicted molar refractivity (Wildman–Crippen MR) is 135 cm³/mol. The highest BCUT2D eigenvalue weighted by Crippen LogP contribution is 2.44. The molecule has 2 aromatic carbocycles. The van der Waals surface area contributed by atoms with Crippen LogP contribution in [0, 0.1) is 0 Å². The van der Waals surface area contributed by atoms with Gasteiger partial charge in [-0.05, 0) is 6.07 Å². The number of rotatable bonds is 4. The standard InChI is InChI=1S/C26H22N4O7S/c1-30(26-27-16(13-38-26)24(33)35-2)18-8-4-3-6-14(18)12-17(23(30)32)29-22(31)20(28-25(29)34)15-7-5-9-19-21(15)37-11-10-36-19/h3-9,13,17,20H,10-12H2,1-2H3/p+1. The van der Waals surface area contributed by atoms with Crippen molar-refractivity contribution in [3.05, 3.63) is 64.7 Å². The number of aromatic nitrogens is 1. The van der Waals surface area contributed by atoms with E-state index in [2.05, 4.69) is 10.3 Å². The zero-order valence-electron chi connectivity index (χ0n) is 20.5. The van der Waals surface area contributed by atoms with Crippen LogP contribution >= 0.6 is 11.3 Å². The second-order valence-electron chi connectivity index (χ2n) is 9.16. The second-order valence-corrected chi connectivity index (χ2v) is 10.00. The van der Waals surface area contributed by atoms with Gasteiger partial charge in [-0.1, -0.05) is 41.7 Å². The van der Waals surface area contributed by atoms with Gasteiger partial charge in [0, 0.05) is 29.0 Å². The van der Waals surface area contributed by atoms with Gasteiger partial charge in [-0.2, -0.15) is 9.47 Å². The summed E-state index contributed by atoms with van der Waals surface area (Å²) in [5.74, 6) is -0.711. The maximum Gasteiger partial charge on any atom is 0.357 e. The number of carbonyl (C=O) groups is 4. The zero-order valence-corrected chi connectivity index (χ0v) is 21.3. The molecule has 38 heavy (non-hydrogen) atoms. The molecule has 3 aromatic rings. The number of nitrogens with one attached hydrogen (secondary N) is 1. The normalized spacial score (nSPS) is 24.2. The summed E-state index contributed by atoms with van der Waals surface area (Å²) < 4.78 is 15.8. The summed E-state index contributed by atoms with van der Waals surface area (Å²) in [6, 6.07) is 9.65. The van der Waals surface area contributed by atoms with Crippen molar-refractivity contribution in [1.29, 1.82) is 0 Å². The van der Waals surface area contributed by atoms with Crippen LogP contribution in [0.15, 0.2) is 47.8 Å². The van der Waals surface area contributed by atoms with Gasteiger partial charge in [0.1, 0.15) is 19.3 Å². The number of carbonyl (C=O) groups excluding carboxylic acids is 4. The Morgan fingerprint density at radius 3 is 2.74 bits per heavy atom. The fourth-order valence-electron chi connectivity index (χ4n) is 5.22. The van der Waals surface area contributed by atoms with Gasteiger partial charge in [-0.3, -0.25) is 4.79 Å². The topological polar surface area (TPSA) is 124 Å². The number of hydrogen-bond acceptors (Lipinski definition) is 9. The summed E-state index contributed by atoms with van der Waals surface area (Å²) >= 11 is 1.13. The summed E-state index contributed by atoms with van der Waals surface area (Å²) in [7, 11) is 2.91. The van der Waals surface area contributed by atoms with Gasteiger partial charge < -0.3 is 19.5 Å². The van der Waals surface area contributed by atoms with Gasteiger partial charge in [0.05, 0.1) is 14.2 Å². The van der Waals surface area contributed by atoms with E-state index in [4.69, 9.17) is 14.2 Å². The van der Waals surface area contributed by atoms with Crippen molar-refractivity contribution in [3.8, 4) is 11.5 Å². The van der Waals surface area contributed by atoms with Crippen molar-refractivity contribution in [1.82, 2.24) is 19.7 Å². The quantitative estimate of drug-likeness (QED) is 0.307. The minimum absolute atomic E-state index is 0.0744. The van der Waals surface area contributed by atoms with Crippen LogP contribution in [0.5, 0.6) is 11.5 Å². The van der Waals surface area contributed by atoms with Crippen LogP contribution in [0.2, 0.25) is 0 Å². The number of benzene rings is 2. The van der Waals surface area contributed by atoms with E-state index in [1.165, 1.54) is 12.5 Å². The van der Waals surface area contributed by atoms with Crippen LogP contribution in [0.25, 0.3) is 0 Å². The van der Waals surface area contributed by atoms with E-state index in [-0.39, 0.29) is 12.1 Å². The van der Waals surface area contributed by atoms with Crippen molar-refractivity contribution >= 4 is 46.0 Å². The lowest BCUT2D eigenvalue weighted by molar-refractivity contribution is -0.139. The molecule has 1 fully saturated rings. The lowest BCUT2D eigenvalue weighted by Gasteiger charge is -2.38. The molecule has 3 aliphatic heterocycles. The maximum atomic E-state index is 14.2. The number of urea groups is 1. The second kappa shape index (κ2) is 8.92. The minimum atomic E-state index is -1.10. The molecule has 0 spiro atoms. The third kappa shape index (κ3) is 3.48. The van der Waals surface area contributed by atoms with E-state index in [0.29, 0.717) is 41.1 Å². The number of para-hydroxylation sites is 2. The molecule has 4 heterocycles. The molecule has 0 bridgehead atoms. The van der Waals surface area contributed by atoms with E-state index in [9.17, 15) is 19.2 Å². The molecule has 0 aliphatic carbocycles. The molecule has 1 saturated heterocycles. The molecular weight excluding hydrogens is 512 g/mol. The van der Waals surface area contributed by atoms with Gasteiger partial charge in [-0.25, -0.2) is 19.3 Å². The van der Waals surface area contributed by atoms with Gasteiger partial charge in [-0.15, -0.1) is 0 Å². The maximum absolute atomic E-state index is 14.2. The van der Waals surface area contributed by atoms with E-state index in [0.717, 1.165) is 21.8 Å². The van der Waals surface area contributed by atoms with Crippen LogP contribution in [0.4, 0.5) is 15.6 Å². The summed E-state index contributed by atoms with van der Waals surface area (Å²) in [5.41, 5.74) is 1.98. The Kier molecular flexibility index (Phi) is 5.65. The van der Waals surface area contributed by atoms with Crippen molar-refractivity contribution < 1.29 is 33.4 Å². The molecule has 1 N–H and O–H groups in total. The largest absolute Gasteiger partial charge is 0.486 e. The lowest BCUT2D eigenvalue weighted by Crippen LogP contribution is -2.61. The highest BCUT2D eigenvalue weighted by Gasteiger charge is 2.56. The summed E-state index contributed by atoms with van der Waals surface area (Å²) in [5, 5.41) is 4.56. The lowest BCUT2D eigenvalue weighted by atomic mass is 9.94. The summed E-state index contributed by atoms with van der Waals surface area (Å²) in [6.45, 7) is 0.701. The zero-order chi connectivity index (χ0) is 26.6. The summed E-state index contributed by atoms with van der Waals surface area (Å²) in [6.07, 6.45) is 0.149. The van der Waals surface area contributed by atoms with Crippen molar-refractivity contribution in [2.75, 3.05) is 27.4 Å². The predicted octanol–water partition coefficient (Wildman–Crippen LogP) is 2.71. The van der Waals surface area contributed by atoms with E-state index >= 15 is 0 Å². The fraction of sp³-hybridized carbons (Fsp3) is 0.269. The molecule has 3 atom stereocenters. The van der Waals surface area contributed by atoms with Gasteiger partial charge in [0.25, 0.3) is 11.0 Å². The van der Waals surface area contributed by atoms with Crippen LogP contribution in [-0.2, 0) is 20.7 Å². The first-order valence-corrected chi connectivity index (χ1v) is 12.8. The molecule has 4 amide bonds. The Hall–Kier alpha value is -4.29. The number of hydrogen-bond donors (Lipinski definition) is 1.